The Morgan fingerprint density at radius 1 is 1.29 bits per heavy atom. The van der Waals surface area contributed by atoms with Gasteiger partial charge < -0.3 is 10.6 Å². The second-order valence-corrected chi connectivity index (χ2v) is 5.51. The van der Waals surface area contributed by atoms with E-state index in [4.69, 9.17) is 5.73 Å². The molecule has 3 rings (SSSR count). The van der Waals surface area contributed by atoms with Crippen LogP contribution in [0.3, 0.4) is 0 Å². The van der Waals surface area contributed by atoms with E-state index in [9.17, 15) is 4.39 Å². The molecular weight excluding hydrogens is 265 g/mol. The molecule has 2 unspecified atom stereocenters. The first-order valence-electron chi connectivity index (χ1n) is 7.41. The molecule has 1 aliphatic rings. The third-order valence-electron chi connectivity index (χ3n) is 4.24. The van der Waals surface area contributed by atoms with Crippen LogP contribution in [0.4, 0.5) is 10.1 Å². The monoisotopic (exact) mass is 285 g/mol. The van der Waals surface area contributed by atoms with Crippen LogP contribution >= 0.6 is 0 Å². The summed E-state index contributed by atoms with van der Waals surface area (Å²) in [5, 5.41) is 0. The summed E-state index contributed by atoms with van der Waals surface area (Å²) in [6, 6.07) is 9.09. The maximum atomic E-state index is 13.6. The summed E-state index contributed by atoms with van der Waals surface area (Å²) in [6.07, 6.45) is 5.38. The number of benzene rings is 1. The van der Waals surface area contributed by atoms with E-state index in [0.717, 1.165) is 30.6 Å². The highest BCUT2D eigenvalue weighted by Crippen LogP contribution is 2.37. The molecule has 0 spiro atoms. The van der Waals surface area contributed by atoms with Crippen molar-refractivity contribution in [2.45, 2.75) is 31.8 Å². The van der Waals surface area contributed by atoms with Gasteiger partial charge in [-0.15, -0.1) is 0 Å². The number of aromatic nitrogens is 1. The molecule has 0 amide bonds. The number of nitrogens with two attached hydrogens (primary N) is 1. The zero-order valence-corrected chi connectivity index (χ0v) is 12.2. The highest BCUT2D eigenvalue weighted by Gasteiger charge is 2.30. The van der Waals surface area contributed by atoms with Crippen molar-refractivity contribution in [1.82, 2.24) is 4.98 Å². The zero-order valence-electron chi connectivity index (χ0n) is 12.2. The van der Waals surface area contributed by atoms with E-state index in [1.54, 1.807) is 18.5 Å². The molecule has 1 aliphatic heterocycles. The quantitative estimate of drug-likeness (QED) is 0.938. The van der Waals surface area contributed by atoms with Crippen LogP contribution in [-0.2, 0) is 6.42 Å². The summed E-state index contributed by atoms with van der Waals surface area (Å²) in [5.41, 5.74) is 9.67. The van der Waals surface area contributed by atoms with Gasteiger partial charge in [0.2, 0.25) is 0 Å². The van der Waals surface area contributed by atoms with Crippen molar-refractivity contribution >= 4 is 5.69 Å². The standard InChI is InChI=1S/C17H20FN3/c1-2-15(19)17(13-5-8-20-9-6-13)21-10-7-12-3-4-14(18)11-16(12)21/h3-6,8-9,11,15,17H,2,7,10,19H2,1H3. The molecule has 0 saturated heterocycles. The van der Waals surface area contributed by atoms with Crippen LogP contribution in [0.5, 0.6) is 0 Å². The Morgan fingerprint density at radius 3 is 2.76 bits per heavy atom. The number of halogens is 1. The number of hydrogen-bond acceptors (Lipinski definition) is 3. The van der Waals surface area contributed by atoms with Crippen LogP contribution in [0.25, 0.3) is 0 Å². The van der Waals surface area contributed by atoms with E-state index >= 15 is 0 Å². The maximum absolute atomic E-state index is 13.6. The number of fused-ring (bicyclic) bond motifs is 1. The van der Waals surface area contributed by atoms with Gasteiger partial charge in [0.1, 0.15) is 5.82 Å². The minimum atomic E-state index is -0.195. The van der Waals surface area contributed by atoms with E-state index in [1.807, 2.05) is 18.2 Å². The van der Waals surface area contributed by atoms with Crippen LogP contribution in [0.15, 0.2) is 42.7 Å². The second-order valence-electron chi connectivity index (χ2n) is 5.51. The van der Waals surface area contributed by atoms with Gasteiger partial charge in [-0.3, -0.25) is 4.98 Å². The number of pyridine rings is 1. The molecule has 2 atom stereocenters. The molecule has 110 valence electrons. The van der Waals surface area contributed by atoms with Gasteiger partial charge in [0.25, 0.3) is 0 Å². The molecule has 0 radical (unpaired) electrons. The third kappa shape index (κ3) is 2.63. The lowest BCUT2D eigenvalue weighted by atomic mass is 9.97. The van der Waals surface area contributed by atoms with E-state index < -0.39 is 0 Å². The van der Waals surface area contributed by atoms with Gasteiger partial charge in [0, 0.05) is 30.7 Å². The molecule has 3 nitrogen and oxygen atoms in total. The van der Waals surface area contributed by atoms with Gasteiger partial charge in [-0.25, -0.2) is 4.39 Å². The summed E-state index contributed by atoms with van der Waals surface area (Å²) in [7, 11) is 0. The fourth-order valence-corrected chi connectivity index (χ4v) is 3.11. The zero-order chi connectivity index (χ0) is 14.8. The molecule has 21 heavy (non-hydrogen) atoms. The van der Waals surface area contributed by atoms with Gasteiger partial charge >= 0.3 is 0 Å². The fraction of sp³-hybridized carbons (Fsp3) is 0.353. The van der Waals surface area contributed by atoms with Crippen LogP contribution < -0.4 is 10.6 Å². The average molecular weight is 285 g/mol. The Bertz CT molecular complexity index is 615. The predicted octanol–water partition coefficient (Wildman–Crippen LogP) is 3.06. The first-order chi connectivity index (χ1) is 10.2. The molecule has 0 fully saturated rings. The smallest absolute Gasteiger partial charge is 0.125 e. The first-order valence-corrected chi connectivity index (χ1v) is 7.41. The number of nitrogens with zero attached hydrogens (tertiary/aromatic N) is 2. The summed E-state index contributed by atoms with van der Waals surface area (Å²) in [4.78, 5) is 6.32. The molecule has 1 aromatic carbocycles. The molecule has 2 heterocycles. The first kappa shape index (κ1) is 14.0. The minimum absolute atomic E-state index is 0.00150. The van der Waals surface area contributed by atoms with Gasteiger partial charge in [-0.05, 0) is 48.2 Å². The van der Waals surface area contributed by atoms with Crippen LogP contribution in [0.2, 0.25) is 0 Å². The summed E-state index contributed by atoms with van der Waals surface area (Å²) in [5.74, 6) is -0.195. The fourth-order valence-electron chi connectivity index (χ4n) is 3.11. The molecule has 0 bridgehead atoms. The average Bonchev–Trinajstić information content (AvgIpc) is 2.91. The van der Waals surface area contributed by atoms with Gasteiger partial charge in [0.15, 0.2) is 0 Å². The van der Waals surface area contributed by atoms with Crippen molar-refractivity contribution < 1.29 is 4.39 Å². The Kier molecular flexibility index (Phi) is 3.88. The van der Waals surface area contributed by atoms with Crippen molar-refractivity contribution in [2.24, 2.45) is 5.73 Å². The lowest BCUT2D eigenvalue weighted by Gasteiger charge is -2.34. The van der Waals surface area contributed by atoms with Gasteiger partial charge in [-0.2, -0.15) is 0 Å². The summed E-state index contributed by atoms with van der Waals surface area (Å²) >= 11 is 0. The summed E-state index contributed by atoms with van der Waals surface area (Å²) < 4.78 is 13.6. The topological polar surface area (TPSA) is 42.1 Å². The molecule has 0 saturated carbocycles. The van der Waals surface area contributed by atoms with Crippen molar-refractivity contribution in [3.05, 3.63) is 59.7 Å². The lowest BCUT2D eigenvalue weighted by molar-refractivity contribution is 0.497. The number of rotatable bonds is 4. The Morgan fingerprint density at radius 2 is 2.05 bits per heavy atom. The van der Waals surface area contributed by atoms with Gasteiger partial charge in [-0.1, -0.05) is 13.0 Å². The molecule has 4 heteroatoms. The largest absolute Gasteiger partial charge is 0.362 e. The van der Waals surface area contributed by atoms with E-state index in [0.29, 0.717) is 0 Å². The summed E-state index contributed by atoms with van der Waals surface area (Å²) in [6.45, 7) is 2.96. The van der Waals surface area contributed by atoms with Crippen molar-refractivity contribution in [3.8, 4) is 0 Å². The SMILES string of the molecule is CCC(N)C(c1ccncc1)N1CCc2ccc(F)cc21. The second kappa shape index (κ2) is 5.82. The highest BCUT2D eigenvalue weighted by molar-refractivity contribution is 5.60. The molecule has 2 aromatic rings. The van der Waals surface area contributed by atoms with Crippen molar-refractivity contribution in [1.29, 1.82) is 0 Å². The molecule has 2 N–H and O–H groups in total. The van der Waals surface area contributed by atoms with E-state index in [2.05, 4.69) is 16.8 Å². The molecule has 1 aromatic heterocycles. The van der Waals surface area contributed by atoms with Crippen molar-refractivity contribution in [3.63, 3.8) is 0 Å². The minimum Gasteiger partial charge on any atom is -0.362 e. The van der Waals surface area contributed by atoms with Gasteiger partial charge in [0.05, 0.1) is 6.04 Å². The predicted molar refractivity (Wildman–Crippen MR) is 82.7 cm³/mol. The Balaban J connectivity index is 2.02. The normalized spacial score (nSPS) is 16.6. The van der Waals surface area contributed by atoms with Crippen LogP contribution in [0, 0.1) is 5.82 Å². The van der Waals surface area contributed by atoms with Crippen LogP contribution in [-0.4, -0.2) is 17.6 Å². The molecular formula is C17H20FN3. The van der Waals surface area contributed by atoms with Crippen molar-refractivity contribution in [2.75, 3.05) is 11.4 Å². The Hall–Kier alpha value is -1.94. The number of hydrogen-bond donors (Lipinski definition) is 1. The maximum Gasteiger partial charge on any atom is 0.125 e. The highest BCUT2D eigenvalue weighted by atomic mass is 19.1. The lowest BCUT2D eigenvalue weighted by Crippen LogP contribution is -2.40. The van der Waals surface area contributed by atoms with E-state index in [1.165, 1.54) is 11.6 Å². The Labute approximate surface area is 124 Å². The molecule has 0 aliphatic carbocycles. The van der Waals surface area contributed by atoms with Crippen LogP contribution in [0.1, 0.15) is 30.5 Å². The number of anilines is 1. The van der Waals surface area contributed by atoms with E-state index in [-0.39, 0.29) is 17.9 Å². The third-order valence-corrected chi connectivity index (χ3v) is 4.24.